The Labute approximate surface area is 174 Å². The summed E-state index contributed by atoms with van der Waals surface area (Å²) in [6.45, 7) is 4.78. The molecule has 2 amide bonds. The molecule has 0 aliphatic carbocycles. The predicted molar refractivity (Wildman–Crippen MR) is 115 cm³/mol. The number of carbonyl (C=O) groups is 1. The molecular formula is C21H25N5O2S. The monoisotopic (exact) mass is 411 g/mol. The summed E-state index contributed by atoms with van der Waals surface area (Å²) in [5, 5.41) is 15.0. The summed E-state index contributed by atoms with van der Waals surface area (Å²) in [5.41, 5.74) is 3.27. The number of rotatable bonds is 8. The van der Waals surface area contributed by atoms with Gasteiger partial charge in [-0.2, -0.15) is 0 Å². The van der Waals surface area contributed by atoms with Crippen LogP contribution < -0.4 is 15.4 Å². The lowest BCUT2D eigenvalue weighted by atomic mass is 10.2. The molecule has 3 aromatic rings. The van der Waals surface area contributed by atoms with Gasteiger partial charge in [-0.15, -0.1) is 10.2 Å². The topological polar surface area (TPSA) is 81.1 Å². The molecule has 0 bridgehead atoms. The summed E-state index contributed by atoms with van der Waals surface area (Å²) in [6, 6.07) is 15.9. The molecule has 0 aliphatic rings. The fourth-order valence-electron chi connectivity index (χ4n) is 2.75. The van der Waals surface area contributed by atoms with Crippen molar-refractivity contribution in [2.75, 3.05) is 13.7 Å². The number of methoxy groups -OCH3 is 1. The van der Waals surface area contributed by atoms with Crippen LogP contribution in [0.4, 0.5) is 4.79 Å². The van der Waals surface area contributed by atoms with Crippen molar-refractivity contribution >= 4 is 17.8 Å². The van der Waals surface area contributed by atoms with Crippen molar-refractivity contribution in [3.05, 3.63) is 65.5 Å². The van der Waals surface area contributed by atoms with Crippen molar-refractivity contribution in [2.24, 2.45) is 0 Å². The molecule has 0 spiro atoms. The van der Waals surface area contributed by atoms with Crippen molar-refractivity contribution < 1.29 is 9.53 Å². The first kappa shape index (κ1) is 20.7. The molecule has 3 rings (SSSR count). The molecule has 2 aromatic carbocycles. The van der Waals surface area contributed by atoms with Crippen LogP contribution in [0.5, 0.6) is 5.75 Å². The minimum Gasteiger partial charge on any atom is -0.497 e. The third-order valence-corrected chi connectivity index (χ3v) is 5.24. The predicted octanol–water partition coefficient (Wildman–Crippen LogP) is 3.70. The van der Waals surface area contributed by atoms with Crippen molar-refractivity contribution in [1.82, 2.24) is 25.4 Å². The van der Waals surface area contributed by atoms with Gasteiger partial charge in [0, 0.05) is 18.0 Å². The summed E-state index contributed by atoms with van der Waals surface area (Å²) in [4.78, 5) is 11.8. The Morgan fingerprint density at radius 1 is 1.14 bits per heavy atom. The molecule has 0 saturated heterocycles. The highest BCUT2D eigenvalue weighted by Crippen LogP contribution is 2.26. The van der Waals surface area contributed by atoms with E-state index >= 15 is 0 Å². The number of amides is 2. The molecule has 2 N–H and O–H groups in total. The quantitative estimate of drug-likeness (QED) is 0.553. The van der Waals surface area contributed by atoms with Gasteiger partial charge in [0.05, 0.1) is 13.7 Å². The molecule has 1 aromatic heterocycles. The number of ether oxygens (including phenoxy) is 1. The van der Waals surface area contributed by atoms with Crippen LogP contribution in [-0.4, -0.2) is 34.5 Å². The second-order valence-electron chi connectivity index (χ2n) is 6.42. The molecule has 0 saturated carbocycles. The molecule has 0 aliphatic heterocycles. The minimum atomic E-state index is -0.225. The van der Waals surface area contributed by atoms with Gasteiger partial charge in [0.2, 0.25) is 0 Å². The van der Waals surface area contributed by atoms with E-state index < -0.39 is 0 Å². The van der Waals surface area contributed by atoms with Crippen LogP contribution in [0.1, 0.15) is 23.9 Å². The summed E-state index contributed by atoms with van der Waals surface area (Å²) < 4.78 is 7.28. The van der Waals surface area contributed by atoms with Crippen molar-refractivity contribution in [3.8, 4) is 11.4 Å². The van der Waals surface area contributed by atoms with Gasteiger partial charge in [-0.05, 0) is 43.7 Å². The fraction of sp³-hybridized carbons (Fsp3) is 0.286. The van der Waals surface area contributed by atoms with Crippen LogP contribution in [-0.2, 0) is 12.3 Å². The molecule has 0 radical (unpaired) electrons. The van der Waals surface area contributed by atoms with Crippen molar-refractivity contribution in [2.45, 2.75) is 31.3 Å². The Morgan fingerprint density at radius 2 is 1.93 bits per heavy atom. The lowest BCUT2D eigenvalue weighted by molar-refractivity contribution is 0.240. The average Bonchev–Trinajstić information content (AvgIpc) is 3.14. The number of nitrogens with zero attached hydrogens (tertiary/aromatic N) is 3. The number of aryl methyl sites for hydroxylation is 1. The van der Waals surface area contributed by atoms with Crippen LogP contribution >= 0.6 is 11.8 Å². The summed E-state index contributed by atoms with van der Waals surface area (Å²) in [6.07, 6.45) is 0. The molecular weight excluding hydrogens is 386 g/mol. The Kier molecular flexibility index (Phi) is 7.13. The number of hydrogen-bond acceptors (Lipinski definition) is 5. The summed E-state index contributed by atoms with van der Waals surface area (Å²) >= 11 is 1.59. The Hall–Kier alpha value is -3.00. The minimum absolute atomic E-state index is 0.225. The van der Waals surface area contributed by atoms with Crippen LogP contribution in [0.2, 0.25) is 0 Å². The molecule has 1 heterocycles. The largest absolute Gasteiger partial charge is 0.497 e. The normalized spacial score (nSPS) is 10.6. The van der Waals surface area contributed by atoms with Gasteiger partial charge in [-0.25, -0.2) is 4.79 Å². The highest BCUT2D eigenvalue weighted by atomic mass is 32.2. The van der Waals surface area contributed by atoms with Crippen LogP contribution in [0.3, 0.4) is 0 Å². The third kappa shape index (κ3) is 5.51. The van der Waals surface area contributed by atoms with E-state index in [0.29, 0.717) is 12.4 Å². The summed E-state index contributed by atoms with van der Waals surface area (Å²) in [7, 11) is 1.66. The molecule has 0 unspecified atom stereocenters. The SMILES string of the molecule is CCNC(=O)NCc1nnc(SCc2cccc(OC)c2)n1-c1ccc(C)cc1. The zero-order valence-electron chi connectivity index (χ0n) is 16.8. The van der Waals surface area contributed by atoms with Gasteiger partial charge in [0.15, 0.2) is 11.0 Å². The lowest BCUT2D eigenvalue weighted by Gasteiger charge is -2.12. The van der Waals surface area contributed by atoms with E-state index in [-0.39, 0.29) is 12.6 Å². The van der Waals surface area contributed by atoms with Gasteiger partial charge in [0.25, 0.3) is 0 Å². The summed E-state index contributed by atoms with van der Waals surface area (Å²) in [5.74, 6) is 2.23. The maximum atomic E-state index is 11.8. The fourth-order valence-corrected chi connectivity index (χ4v) is 3.67. The molecule has 152 valence electrons. The number of thioether (sulfide) groups is 1. The number of carbonyl (C=O) groups excluding carboxylic acids is 1. The molecule has 29 heavy (non-hydrogen) atoms. The Balaban J connectivity index is 1.83. The number of hydrogen-bond donors (Lipinski definition) is 2. The van der Waals surface area contributed by atoms with E-state index in [1.54, 1.807) is 18.9 Å². The maximum Gasteiger partial charge on any atom is 0.315 e. The number of aromatic nitrogens is 3. The first-order chi connectivity index (χ1) is 14.1. The van der Waals surface area contributed by atoms with Gasteiger partial charge < -0.3 is 15.4 Å². The standard InChI is InChI=1S/C21H25N5O2S/c1-4-22-20(27)23-13-19-24-25-21(26(19)17-10-8-15(2)9-11-17)29-14-16-6-5-7-18(12-16)28-3/h5-12H,4,13-14H2,1-3H3,(H2,22,23,27). The van der Waals surface area contributed by atoms with Crippen LogP contribution in [0.25, 0.3) is 5.69 Å². The molecule has 8 heteroatoms. The van der Waals surface area contributed by atoms with E-state index in [1.165, 1.54) is 5.56 Å². The second kappa shape index (κ2) is 9.97. The zero-order chi connectivity index (χ0) is 20.6. The van der Waals surface area contributed by atoms with Crippen molar-refractivity contribution in [1.29, 1.82) is 0 Å². The van der Waals surface area contributed by atoms with E-state index in [1.807, 2.05) is 60.9 Å². The molecule has 7 nitrogen and oxygen atoms in total. The van der Waals surface area contributed by atoms with Gasteiger partial charge in [-0.3, -0.25) is 4.57 Å². The first-order valence-corrected chi connectivity index (χ1v) is 10.4. The Bertz CT molecular complexity index is 956. The van der Waals surface area contributed by atoms with Gasteiger partial charge >= 0.3 is 6.03 Å². The Morgan fingerprint density at radius 3 is 2.66 bits per heavy atom. The van der Waals surface area contributed by atoms with Crippen molar-refractivity contribution in [3.63, 3.8) is 0 Å². The van der Waals surface area contributed by atoms with E-state index in [9.17, 15) is 4.79 Å². The van der Waals surface area contributed by atoms with Gasteiger partial charge in [0.1, 0.15) is 5.75 Å². The molecule has 0 fully saturated rings. The van der Waals surface area contributed by atoms with Gasteiger partial charge in [-0.1, -0.05) is 41.6 Å². The van der Waals surface area contributed by atoms with E-state index in [2.05, 4.69) is 26.9 Å². The smallest absolute Gasteiger partial charge is 0.315 e. The van der Waals surface area contributed by atoms with Crippen LogP contribution in [0.15, 0.2) is 53.7 Å². The highest BCUT2D eigenvalue weighted by Gasteiger charge is 2.15. The second-order valence-corrected chi connectivity index (χ2v) is 7.37. The zero-order valence-corrected chi connectivity index (χ0v) is 17.6. The van der Waals surface area contributed by atoms with E-state index in [0.717, 1.165) is 27.9 Å². The maximum absolute atomic E-state index is 11.8. The lowest BCUT2D eigenvalue weighted by Crippen LogP contribution is -2.35. The average molecular weight is 412 g/mol. The third-order valence-electron chi connectivity index (χ3n) is 4.24. The van der Waals surface area contributed by atoms with Crippen LogP contribution in [0, 0.1) is 6.92 Å². The first-order valence-electron chi connectivity index (χ1n) is 9.39. The molecule has 0 atom stereocenters. The van der Waals surface area contributed by atoms with E-state index in [4.69, 9.17) is 4.74 Å². The number of benzene rings is 2. The highest BCUT2D eigenvalue weighted by molar-refractivity contribution is 7.98. The number of nitrogens with one attached hydrogen (secondary N) is 2. The number of urea groups is 1.